The van der Waals surface area contributed by atoms with Crippen LogP contribution in [0.5, 0.6) is 0 Å². The zero-order valence-electron chi connectivity index (χ0n) is 16.9. The quantitative estimate of drug-likeness (QED) is 0.138. The van der Waals surface area contributed by atoms with Crippen molar-refractivity contribution in [2.45, 2.75) is 73.6 Å². The number of aliphatic hydroxyl groups is 7. The van der Waals surface area contributed by atoms with Gasteiger partial charge in [-0.1, -0.05) is 0 Å². The molecule has 0 saturated carbocycles. The molecule has 2 fully saturated rings. The molecule has 2 heterocycles. The van der Waals surface area contributed by atoms with E-state index < -0.39 is 92.8 Å². The maximum absolute atomic E-state index is 11.4. The van der Waals surface area contributed by atoms with Crippen LogP contribution in [0.3, 0.4) is 0 Å². The summed E-state index contributed by atoms with van der Waals surface area (Å²) in [7, 11) is 1.09. The number of aliphatic hydroxyl groups excluding tert-OH is 7. The fourth-order valence-electron chi connectivity index (χ4n) is 3.30. The Morgan fingerprint density at radius 1 is 1.09 bits per heavy atom. The molecule has 32 heavy (non-hydrogen) atoms. The van der Waals surface area contributed by atoms with Gasteiger partial charge in [0.05, 0.1) is 13.2 Å². The van der Waals surface area contributed by atoms with Crippen LogP contribution >= 0.6 is 0 Å². The molecule has 0 aromatic rings. The highest BCUT2D eigenvalue weighted by Gasteiger charge is 2.52. The van der Waals surface area contributed by atoms with Crippen molar-refractivity contribution in [1.29, 1.82) is 0 Å². The summed E-state index contributed by atoms with van der Waals surface area (Å²) in [5.74, 6) is -1.55. The molecule has 2 saturated heterocycles. The van der Waals surface area contributed by atoms with Gasteiger partial charge in [0.1, 0.15) is 54.9 Å². The maximum atomic E-state index is 11.4. The maximum Gasteiger partial charge on any atom is 0.335 e. The van der Waals surface area contributed by atoms with Crippen LogP contribution in [0.2, 0.25) is 0 Å². The van der Waals surface area contributed by atoms with Gasteiger partial charge in [-0.2, -0.15) is 0 Å². The first-order valence-electron chi connectivity index (χ1n) is 9.55. The minimum absolute atomic E-state index is 0.00310. The zero-order valence-corrected chi connectivity index (χ0v) is 16.9. The van der Waals surface area contributed by atoms with Crippen LogP contribution in [0.25, 0.3) is 0 Å². The Balaban J connectivity index is 2.22. The number of ether oxygens (including phenoxy) is 5. The van der Waals surface area contributed by atoms with Crippen molar-refractivity contribution in [3.63, 3.8) is 0 Å². The van der Waals surface area contributed by atoms with Gasteiger partial charge in [-0.25, -0.2) is 4.79 Å². The number of aldehydes is 1. The van der Waals surface area contributed by atoms with Crippen molar-refractivity contribution >= 4 is 12.3 Å². The van der Waals surface area contributed by atoms with E-state index in [0.29, 0.717) is 0 Å². The molecule has 2 aliphatic rings. The van der Waals surface area contributed by atoms with E-state index in [1.54, 1.807) is 0 Å². The minimum Gasteiger partial charge on any atom is -0.479 e. The summed E-state index contributed by atoms with van der Waals surface area (Å²) in [5.41, 5.74) is 0. The highest BCUT2D eigenvalue weighted by Crippen LogP contribution is 2.29. The standard InChI is InChI=1S/C17H28O15/c1-28-12-10(24)11(25)16(32-14(12)15(26)27)31-13-9(23)6(21)4-29-17(13)30-7(3-19)8(22)5(20)2-18/h2,5-14,16-17,19-25H,3-4H2,1H3,(H,26,27)/t5-,6+,7+,8+,9-,10+,11+,12-,13+,14-,16-,17-/m0/s1. The molecule has 15 nitrogen and oxygen atoms in total. The second kappa shape index (κ2) is 11.7. The van der Waals surface area contributed by atoms with E-state index in [1.165, 1.54) is 0 Å². The molecule has 0 aliphatic carbocycles. The molecule has 12 atom stereocenters. The third-order valence-electron chi connectivity index (χ3n) is 5.14. The van der Waals surface area contributed by atoms with E-state index in [1.807, 2.05) is 0 Å². The van der Waals surface area contributed by atoms with Crippen LogP contribution in [-0.4, -0.2) is 147 Å². The molecule has 2 aliphatic heterocycles. The smallest absolute Gasteiger partial charge is 0.335 e. The van der Waals surface area contributed by atoms with Crippen molar-refractivity contribution in [1.82, 2.24) is 0 Å². The minimum atomic E-state index is -1.92. The predicted octanol–water partition coefficient (Wildman–Crippen LogP) is -5.71. The molecule has 2 rings (SSSR count). The Hall–Kier alpha value is -1.34. The number of carboxylic acids is 1. The third-order valence-corrected chi connectivity index (χ3v) is 5.14. The predicted molar refractivity (Wildman–Crippen MR) is 95.8 cm³/mol. The molecule has 0 bridgehead atoms. The highest BCUT2D eigenvalue weighted by molar-refractivity contribution is 5.73. The fraction of sp³-hybridized carbons (Fsp3) is 0.882. The van der Waals surface area contributed by atoms with Gasteiger partial charge in [-0.15, -0.1) is 0 Å². The second-order valence-electron chi connectivity index (χ2n) is 7.28. The van der Waals surface area contributed by atoms with E-state index >= 15 is 0 Å². The van der Waals surface area contributed by atoms with Crippen LogP contribution < -0.4 is 0 Å². The van der Waals surface area contributed by atoms with Crippen molar-refractivity contribution in [3.05, 3.63) is 0 Å². The molecule has 0 spiro atoms. The number of carbonyl (C=O) groups excluding carboxylic acids is 1. The molecule has 8 N–H and O–H groups in total. The largest absolute Gasteiger partial charge is 0.479 e. The number of aliphatic carboxylic acids is 1. The van der Waals surface area contributed by atoms with Gasteiger partial charge in [-0.3, -0.25) is 0 Å². The highest BCUT2D eigenvalue weighted by atomic mass is 16.8. The lowest BCUT2D eigenvalue weighted by molar-refractivity contribution is -0.361. The third kappa shape index (κ3) is 5.77. The Morgan fingerprint density at radius 3 is 2.28 bits per heavy atom. The average molecular weight is 472 g/mol. The summed E-state index contributed by atoms with van der Waals surface area (Å²) in [6.07, 6.45) is -20.8. The average Bonchev–Trinajstić information content (AvgIpc) is 2.77. The van der Waals surface area contributed by atoms with Crippen molar-refractivity contribution in [3.8, 4) is 0 Å². The van der Waals surface area contributed by atoms with Crippen molar-refractivity contribution < 1.29 is 74.1 Å². The Bertz CT molecular complexity index is 619. The molecular weight excluding hydrogens is 444 g/mol. The number of hydrogen-bond acceptors (Lipinski definition) is 14. The monoisotopic (exact) mass is 472 g/mol. The van der Waals surface area contributed by atoms with Crippen molar-refractivity contribution in [2.24, 2.45) is 0 Å². The molecule has 0 unspecified atom stereocenters. The number of rotatable bonds is 10. The molecule has 186 valence electrons. The fourth-order valence-corrected chi connectivity index (χ4v) is 3.30. The van der Waals surface area contributed by atoms with Crippen LogP contribution in [0.4, 0.5) is 0 Å². The van der Waals surface area contributed by atoms with E-state index in [-0.39, 0.29) is 6.29 Å². The first kappa shape index (κ1) is 26.9. The SMILES string of the molecule is CO[C@H]1[C@H](O)[C@@H](O)[C@@H](O[C@H]2[C@H](O[C@H](CO)[C@H](O)[C@@H](O)C=O)OC[C@@H](O)[C@@H]2O)O[C@@H]1C(=O)O. The molecule has 0 amide bonds. The van der Waals surface area contributed by atoms with E-state index in [2.05, 4.69) is 0 Å². The van der Waals surface area contributed by atoms with Crippen LogP contribution in [0.1, 0.15) is 0 Å². The molecule has 0 radical (unpaired) electrons. The lowest BCUT2D eigenvalue weighted by Gasteiger charge is -2.45. The first-order valence-corrected chi connectivity index (χ1v) is 9.55. The molecular formula is C17H28O15. The number of hydrogen-bond donors (Lipinski definition) is 8. The van der Waals surface area contributed by atoms with Gasteiger partial charge in [-0.05, 0) is 0 Å². The normalized spacial score (nSPS) is 40.9. The van der Waals surface area contributed by atoms with E-state index in [0.717, 1.165) is 7.11 Å². The van der Waals surface area contributed by atoms with E-state index in [9.17, 15) is 50.4 Å². The summed E-state index contributed by atoms with van der Waals surface area (Å²) < 4.78 is 25.9. The molecule has 15 heteroatoms. The number of carboxylic acid groups (broad SMARTS) is 1. The van der Waals surface area contributed by atoms with Crippen molar-refractivity contribution in [2.75, 3.05) is 20.3 Å². The summed E-state index contributed by atoms with van der Waals surface area (Å²) in [6, 6.07) is 0. The number of methoxy groups -OCH3 is 1. The van der Waals surface area contributed by atoms with Gasteiger partial charge < -0.3 is 69.3 Å². The summed E-state index contributed by atoms with van der Waals surface area (Å²) in [5, 5.41) is 78.8. The Labute approximate surface area is 181 Å². The van der Waals surface area contributed by atoms with Gasteiger partial charge in [0.15, 0.2) is 25.0 Å². The van der Waals surface area contributed by atoms with Gasteiger partial charge in [0.2, 0.25) is 0 Å². The Morgan fingerprint density at radius 2 is 1.75 bits per heavy atom. The van der Waals surface area contributed by atoms with Crippen LogP contribution in [0.15, 0.2) is 0 Å². The summed E-state index contributed by atoms with van der Waals surface area (Å²) in [4.78, 5) is 22.1. The van der Waals surface area contributed by atoms with Gasteiger partial charge in [0.25, 0.3) is 0 Å². The molecule has 0 aromatic heterocycles. The summed E-state index contributed by atoms with van der Waals surface area (Å²) in [6.45, 7) is -1.40. The lowest BCUT2D eigenvalue weighted by atomic mass is 9.98. The molecule has 0 aromatic carbocycles. The number of carbonyl (C=O) groups is 2. The van der Waals surface area contributed by atoms with Crippen LogP contribution in [0, 0.1) is 0 Å². The zero-order chi connectivity index (χ0) is 24.2. The topological polar surface area (TPSA) is 242 Å². The Kier molecular flexibility index (Phi) is 9.83. The van der Waals surface area contributed by atoms with E-state index in [4.69, 9.17) is 23.7 Å². The first-order chi connectivity index (χ1) is 15.1. The van der Waals surface area contributed by atoms with Crippen LogP contribution in [-0.2, 0) is 33.3 Å². The summed E-state index contributed by atoms with van der Waals surface area (Å²) >= 11 is 0. The lowest BCUT2D eigenvalue weighted by Crippen LogP contribution is -2.64. The van der Waals surface area contributed by atoms with Gasteiger partial charge >= 0.3 is 5.97 Å². The second-order valence-corrected chi connectivity index (χ2v) is 7.28. The van der Waals surface area contributed by atoms with Gasteiger partial charge in [0, 0.05) is 7.11 Å².